The number of nitriles is 1. The van der Waals surface area contributed by atoms with E-state index in [1.54, 1.807) is 0 Å². The van der Waals surface area contributed by atoms with Crippen molar-refractivity contribution in [3.8, 4) is 17.5 Å². The van der Waals surface area contributed by atoms with Gasteiger partial charge in [0.15, 0.2) is 5.69 Å². The molecule has 2 amide bonds. The number of nitrogens with one attached hydrogen (secondary N) is 2. The fourth-order valence-electron chi connectivity index (χ4n) is 3.89. The fourth-order valence-corrected chi connectivity index (χ4v) is 3.89. The molecule has 1 atom stereocenters. The summed E-state index contributed by atoms with van der Waals surface area (Å²) in [5, 5.41) is 14.7. The molecule has 3 rings (SSSR count). The number of benzene rings is 1. The van der Waals surface area contributed by atoms with E-state index >= 15 is 0 Å². The van der Waals surface area contributed by atoms with Crippen LogP contribution >= 0.6 is 0 Å². The Morgan fingerprint density at radius 3 is 2.62 bits per heavy atom. The van der Waals surface area contributed by atoms with E-state index in [0.717, 1.165) is 13.0 Å². The van der Waals surface area contributed by atoms with Crippen LogP contribution in [-0.2, 0) is 17.9 Å². The first-order valence-electron chi connectivity index (χ1n) is 10.6. The summed E-state index contributed by atoms with van der Waals surface area (Å²) in [6.07, 6.45) is 0.802. The molecule has 1 aliphatic heterocycles. The highest BCUT2D eigenvalue weighted by Crippen LogP contribution is 2.29. The smallest absolute Gasteiger partial charge is 0.272 e. The Morgan fingerprint density at radius 2 is 2.00 bits per heavy atom. The molecule has 9 heteroatoms. The van der Waals surface area contributed by atoms with E-state index in [0.29, 0.717) is 30.2 Å². The number of carbonyl (C=O) groups excluding carboxylic acids is 2. The van der Waals surface area contributed by atoms with Gasteiger partial charge in [0, 0.05) is 20.1 Å². The van der Waals surface area contributed by atoms with E-state index in [4.69, 9.17) is 0 Å². The van der Waals surface area contributed by atoms with Crippen LogP contribution in [0.3, 0.4) is 0 Å². The SMILES string of the molecule is CNC(=O)[C@@H](NC(=O)c1nc(-c2cc(C#N)ccc2F)n2c1CN(C)CCC2)C(C)(C)C. The summed E-state index contributed by atoms with van der Waals surface area (Å²) >= 11 is 0. The molecule has 0 bridgehead atoms. The van der Waals surface area contributed by atoms with Crippen LogP contribution in [0.25, 0.3) is 11.4 Å². The number of likely N-dealkylation sites (N-methyl/N-ethyl adjacent to an activating group) is 1. The standard InChI is InChI=1S/C23H29FN6O2/c1-23(2,3)19(22(32)26-4)28-21(31)18-17-13-29(5)9-6-10-30(17)20(27-18)15-11-14(12-25)7-8-16(15)24/h7-8,11,19H,6,9-10,13H2,1-5H3,(H,26,32)(H,28,31)/t19-/m1/s1. The maximum atomic E-state index is 14.7. The summed E-state index contributed by atoms with van der Waals surface area (Å²) < 4.78 is 16.6. The number of carbonyl (C=O) groups is 2. The number of halogens is 1. The fraction of sp³-hybridized carbons (Fsp3) is 0.478. The molecule has 0 saturated carbocycles. The number of imidazole rings is 1. The summed E-state index contributed by atoms with van der Waals surface area (Å²) in [5.74, 6) is -1.00. The van der Waals surface area contributed by atoms with Crippen LogP contribution in [0.4, 0.5) is 4.39 Å². The largest absolute Gasteiger partial charge is 0.357 e. The van der Waals surface area contributed by atoms with E-state index < -0.39 is 23.2 Å². The highest BCUT2D eigenvalue weighted by Gasteiger charge is 2.35. The molecule has 0 saturated heterocycles. The van der Waals surface area contributed by atoms with Gasteiger partial charge in [-0.1, -0.05) is 20.8 Å². The molecule has 32 heavy (non-hydrogen) atoms. The van der Waals surface area contributed by atoms with Gasteiger partial charge in [-0.3, -0.25) is 9.59 Å². The van der Waals surface area contributed by atoms with Crippen LogP contribution in [0.5, 0.6) is 0 Å². The zero-order valence-corrected chi connectivity index (χ0v) is 19.1. The quantitative estimate of drug-likeness (QED) is 0.759. The van der Waals surface area contributed by atoms with Crippen molar-refractivity contribution in [3.05, 3.63) is 41.0 Å². The molecular formula is C23H29FN6O2. The van der Waals surface area contributed by atoms with Crippen LogP contribution in [-0.4, -0.2) is 52.9 Å². The average molecular weight is 441 g/mol. The Bertz CT molecular complexity index is 1080. The first kappa shape index (κ1) is 23.4. The van der Waals surface area contributed by atoms with Crippen molar-refractivity contribution in [2.75, 3.05) is 20.6 Å². The Kier molecular flexibility index (Phi) is 6.65. The molecule has 0 radical (unpaired) electrons. The van der Waals surface area contributed by atoms with Crippen molar-refractivity contribution in [3.63, 3.8) is 0 Å². The van der Waals surface area contributed by atoms with Gasteiger partial charge in [0.25, 0.3) is 5.91 Å². The number of hydrogen-bond donors (Lipinski definition) is 2. The summed E-state index contributed by atoms with van der Waals surface area (Å²) in [4.78, 5) is 32.4. The third-order valence-electron chi connectivity index (χ3n) is 5.62. The van der Waals surface area contributed by atoms with Crippen molar-refractivity contribution in [1.29, 1.82) is 5.26 Å². The van der Waals surface area contributed by atoms with Crippen LogP contribution in [0.1, 0.15) is 48.9 Å². The van der Waals surface area contributed by atoms with Crippen molar-refractivity contribution in [1.82, 2.24) is 25.1 Å². The molecule has 0 spiro atoms. The van der Waals surface area contributed by atoms with E-state index in [2.05, 4.69) is 20.5 Å². The maximum absolute atomic E-state index is 14.7. The minimum atomic E-state index is -0.775. The Morgan fingerprint density at radius 1 is 1.28 bits per heavy atom. The maximum Gasteiger partial charge on any atom is 0.272 e. The third-order valence-corrected chi connectivity index (χ3v) is 5.62. The summed E-state index contributed by atoms with van der Waals surface area (Å²) in [5.41, 5.74) is 0.771. The number of fused-ring (bicyclic) bond motifs is 1. The molecule has 8 nitrogen and oxygen atoms in total. The highest BCUT2D eigenvalue weighted by atomic mass is 19.1. The predicted octanol–water partition coefficient (Wildman–Crippen LogP) is 2.29. The number of nitrogens with zero attached hydrogens (tertiary/aromatic N) is 4. The number of hydrogen-bond acceptors (Lipinski definition) is 5. The van der Waals surface area contributed by atoms with E-state index in [-0.39, 0.29) is 17.2 Å². The van der Waals surface area contributed by atoms with E-state index in [1.807, 2.05) is 38.5 Å². The molecule has 0 unspecified atom stereocenters. The van der Waals surface area contributed by atoms with Crippen LogP contribution in [0.2, 0.25) is 0 Å². The Labute approximate surface area is 187 Å². The van der Waals surface area contributed by atoms with Crippen LogP contribution in [0, 0.1) is 22.6 Å². The minimum absolute atomic E-state index is 0.161. The molecule has 2 N–H and O–H groups in total. The van der Waals surface area contributed by atoms with Gasteiger partial charge in [0.05, 0.1) is 22.9 Å². The van der Waals surface area contributed by atoms with Crippen molar-refractivity contribution >= 4 is 11.8 Å². The lowest BCUT2D eigenvalue weighted by Gasteiger charge is -2.29. The zero-order valence-electron chi connectivity index (χ0n) is 19.1. The average Bonchev–Trinajstić information content (AvgIpc) is 2.97. The monoisotopic (exact) mass is 440 g/mol. The van der Waals surface area contributed by atoms with Gasteiger partial charge in [0.2, 0.25) is 5.91 Å². The lowest BCUT2D eigenvalue weighted by Crippen LogP contribution is -2.53. The van der Waals surface area contributed by atoms with Crippen molar-refractivity contribution in [2.24, 2.45) is 5.41 Å². The molecule has 170 valence electrons. The highest BCUT2D eigenvalue weighted by molar-refractivity contribution is 5.97. The molecular weight excluding hydrogens is 411 g/mol. The lowest BCUT2D eigenvalue weighted by molar-refractivity contribution is -0.124. The van der Waals surface area contributed by atoms with Crippen LogP contribution < -0.4 is 10.6 Å². The first-order chi connectivity index (χ1) is 15.1. The van der Waals surface area contributed by atoms with Gasteiger partial charge in [-0.25, -0.2) is 9.37 Å². The lowest BCUT2D eigenvalue weighted by atomic mass is 9.86. The number of rotatable bonds is 4. The van der Waals surface area contributed by atoms with Gasteiger partial charge in [-0.05, 0) is 43.6 Å². The zero-order chi connectivity index (χ0) is 23.6. The second-order valence-corrected chi connectivity index (χ2v) is 9.17. The summed E-state index contributed by atoms with van der Waals surface area (Å²) in [6.45, 7) is 7.42. The number of aromatic nitrogens is 2. The van der Waals surface area contributed by atoms with Crippen molar-refractivity contribution in [2.45, 2.75) is 46.3 Å². The predicted molar refractivity (Wildman–Crippen MR) is 118 cm³/mol. The molecule has 2 heterocycles. The second-order valence-electron chi connectivity index (χ2n) is 9.17. The van der Waals surface area contributed by atoms with Gasteiger partial charge < -0.3 is 20.1 Å². The minimum Gasteiger partial charge on any atom is -0.357 e. The molecule has 0 fully saturated rings. The molecule has 2 aromatic rings. The van der Waals surface area contributed by atoms with Crippen LogP contribution in [0.15, 0.2) is 18.2 Å². The Balaban J connectivity index is 2.12. The summed E-state index contributed by atoms with van der Waals surface area (Å²) in [6, 6.07) is 5.33. The first-order valence-corrected chi connectivity index (χ1v) is 10.6. The van der Waals surface area contributed by atoms with Gasteiger partial charge >= 0.3 is 0 Å². The molecule has 1 aliphatic rings. The summed E-state index contributed by atoms with van der Waals surface area (Å²) in [7, 11) is 3.47. The van der Waals surface area contributed by atoms with Gasteiger partial charge in [-0.2, -0.15) is 5.26 Å². The van der Waals surface area contributed by atoms with Gasteiger partial charge in [-0.15, -0.1) is 0 Å². The second kappa shape index (κ2) is 9.09. The van der Waals surface area contributed by atoms with Crippen molar-refractivity contribution < 1.29 is 14.0 Å². The topological polar surface area (TPSA) is 103 Å². The molecule has 1 aromatic carbocycles. The van der Waals surface area contributed by atoms with E-state index in [9.17, 15) is 19.2 Å². The van der Waals surface area contributed by atoms with E-state index in [1.165, 1.54) is 25.2 Å². The molecule has 1 aromatic heterocycles. The van der Waals surface area contributed by atoms with Gasteiger partial charge in [0.1, 0.15) is 17.7 Å². The molecule has 0 aliphatic carbocycles. The normalized spacial score (nSPS) is 15.3. The number of amides is 2. The Hall–Kier alpha value is -3.25. The third kappa shape index (κ3) is 4.65.